The second-order valence-corrected chi connectivity index (χ2v) is 15.8. The van der Waals surface area contributed by atoms with Gasteiger partial charge in [0.15, 0.2) is 0 Å². The molecule has 13 nitrogen and oxygen atoms in total. The number of nitrogens with two attached hydrogens (primary N) is 1. The van der Waals surface area contributed by atoms with E-state index in [0.29, 0.717) is 25.1 Å². The maximum absolute atomic E-state index is 14.2. The van der Waals surface area contributed by atoms with Gasteiger partial charge in [-0.05, 0) is 76.7 Å². The fourth-order valence-electron chi connectivity index (χ4n) is 7.18. The Labute approximate surface area is 318 Å². The monoisotopic (exact) mass is 742 g/mol. The Kier molecular flexibility index (Phi) is 17.7. The number of amides is 4. The molecule has 0 unspecified atom stereocenters. The van der Waals surface area contributed by atoms with Gasteiger partial charge in [0.1, 0.15) is 6.04 Å². The van der Waals surface area contributed by atoms with E-state index >= 15 is 0 Å². The molecule has 1 aromatic rings. The highest BCUT2D eigenvalue weighted by Crippen LogP contribution is 2.30. The van der Waals surface area contributed by atoms with Crippen LogP contribution in [0.2, 0.25) is 0 Å². The number of methoxy groups -OCH3 is 2. The van der Waals surface area contributed by atoms with Gasteiger partial charge in [-0.1, -0.05) is 53.2 Å². The van der Waals surface area contributed by atoms with Gasteiger partial charge in [0.25, 0.3) is 0 Å². The van der Waals surface area contributed by atoms with Gasteiger partial charge in [0, 0.05) is 39.5 Å². The standard InChI is InChI=1S/C40H67N7O6/c1-13-26(4)35(46(10)38(50)34(25(2)3)44-39(51)40(6,7)45(8)9)32(52-11)24-33(48)47-21-15-18-31(47)36(53-12)27(5)37(49)43-30(19-20-41)23-28-16-14-17-29(42)22-28/h14,16-17,22,25-27,30-32,34-36H,13,15,18-19,21,23-24,42H2,1-12H3,(H,43,49)(H,44,51)/t26-,27+,30+,31-,32+,34-,35-,36+/m0/s1. The molecule has 1 aliphatic heterocycles. The number of carbonyl (C=O) groups is 4. The molecule has 53 heavy (non-hydrogen) atoms. The predicted molar refractivity (Wildman–Crippen MR) is 207 cm³/mol. The molecule has 1 aliphatic rings. The van der Waals surface area contributed by atoms with Crippen LogP contribution in [0, 0.1) is 29.1 Å². The fourth-order valence-corrected chi connectivity index (χ4v) is 7.18. The lowest BCUT2D eigenvalue weighted by molar-refractivity contribution is -0.148. The quantitative estimate of drug-likeness (QED) is 0.169. The second kappa shape index (κ2) is 20.7. The van der Waals surface area contributed by atoms with Crippen molar-refractivity contribution in [2.24, 2.45) is 17.8 Å². The first-order valence-corrected chi connectivity index (χ1v) is 19.0. The van der Waals surface area contributed by atoms with Gasteiger partial charge in [-0.3, -0.25) is 24.1 Å². The summed E-state index contributed by atoms with van der Waals surface area (Å²) in [5.41, 5.74) is 6.65. The molecule has 298 valence electrons. The number of anilines is 1. The van der Waals surface area contributed by atoms with Crippen LogP contribution >= 0.6 is 0 Å². The Hall–Kier alpha value is -3.73. The molecule has 1 saturated heterocycles. The van der Waals surface area contributed by atoms with E-state index in [-0.39, 0.29) is 54.3 Å². The molecule has 1 fully saturated rings. The number of benzene rings is 1. The van der Waals surface area contributed by atoms with Gasteiger partial charge in [-0.15, -0.1) is 0 Å². The number of hydrogen-bond donors (Lipinski definition) is 3. The molecule has 4 amide bonds. The topological polar surface area (TPSA) is 170 Å². The lowest BCUT2D eigenvalue weighted by Crippen LogP contribution is -2.61. The highest BCUT2D eigenvalue weighted by atomic mass is 16.5. The van der Waals surface area contributed by atoms with E-state index in [2.05, 4.69) is 16.7 Å². The van der Waals surface area contributed by atoms with Crippen LogP contribution in [0.5, 0.6) is 0 Å². The third kappa shape index (κ3) is 11.9. The summed E-state index contributed by atoms with van der Waals surface area (Å²) in [7, 11) is 8.47. The zero-order chi connectivity index (χ0) is 40.2. The van der Waals surface area contributed by atoms with Crippen molar-refractivity contribution in [3.05, 3.63) is 29.8 Å². The maximum atomic E-state index is 14.2. The average molecular weight is 742 g/mol. The van der Waals surface area contributed by atoms with Crippen LogP contribution < -0.4 is 16.4 Å². The number of likely N-dealkylation sites (N-methyl/N-ethyl adjacent to an activating group) is 2. The van der Waals surface area contributed by atoms with E-state index in [1.807, 2.05) is 78.7 Å². The lowest BCUT2D eigenvalue weighted by atomic mass is 9.89. The van der Waals surface area contributed by atoms with Gasteiger partial charge in [0.2, 0.25) is 23.6 Å². The number of carbonyl (C=O) groups excluding carboxylic acids is 4. The van der Waals surface area contributed by atoms with Crippen LogP contribution in [-0.4, -0.2) is 122 Å². The minimum Gasteiger partial charge on any atom is -0.399 e. The first kappa shape index (κ1) is 45.4. The van der Waals surface area contributed by atoms with E-state index in [4.69, 9.17) is 15.2 Å². The SMILES string of the molecule is CC[C@H](C)[C@@H]([C@@H](CC(=O)N1CCC[C@H]1[C@H](OC)[C@@H](C)C(=O)N[C@H](CC#N)Cc1cccc(N)c1)OC)N(C)C(=O)[C@@H](NC(=O)C(C)(C)N(C)C)C(C)C. The molecule has 1 heterocycles. The zero-order valence-corrected chi connectivity index (χ0v) is 34.3. The van der Waals surface area contributed by atoms with Gasteiger partial charge in [-0.2, -0.15) is 5.26 Å². The Morgan fingerprint density at radius 1 is 1.08 bits per heavy atom. The summed E-state index contributed by atoms with van der Waals surface area (Å²) in [5.74, 6) is -1.72. The summed E-state index contributed by atoms with van der Waals surface area (Å²) in [6.45, 7) is 13.8. The van der Waals surface area contributed by atoms with Crippen molar-refractivity contribution in [2.75, 3.05) is 47.6 Å². The number of nitrogen functional groups attached to an aromatic ring is 1. The first-order chi connectivity index (χ1) is 24.8. The van der Waals surface area contributed by atoms with Gasteiger partial charge in [0.05, 0.1) is 54.7 Å². The molecule has 13 heteroatoms. The number of nitriles is 1. The molecular formula is C40H67N7O6. The molecule has 0 aliphatic carbocycles. The molecule has 0 spiro atoms. The average Bonchev–Trinajstić information content (AvgIpc) is 3.59. The normalized spacial score (nSPS) is 18.7. The second-order valence-electron chi connectivity index (χ2n) is 15.8. The van der Waals surface area contributed by atoms with Crippen molar-refractivity contribution in [1.29, 1.82) is 5.26 Å². The van der Waals surface area contributed by atoms with Crippen LogP contribution in [0.4, 0.5) is 5.69 Å². The summed E-state index contributed by atoms with van der Waals surface area (Å²) in [4.78, 5) is 60.5. The first-order valence-electron chi connectivity index (χ1n) is 19.0. The minimum atomic E-state index is -0.830. The highest BCUT2D eigenvalue weighted by molar-refractivity contribution is 5.92. The third-order valence-electron chi connectivity index (χ3n) is 11.3. The molecule has 0 aromatic heterocycles. The van der Waals surface area contributed by atoms with Crippen molar-refractivity contribution in [1.82, 2.24) is 25.3 Å². The third-order valence-corrected chi connectivity index (χ3v) is 11.3. The van der Waals surface area contributed by atoms with Gasteiger partial charge < -0.3 is 35.6 Å². The van der Waals surface area contributed by atoms with E-state index in [1.165, 1.54) is 0 Å². The Balaban J connectivity index is 2.27. The summed E-state index contributed by atoms with van der Waals surface area (Å²) in [6, 6.07) is 7.55. The molecule has 0 radical (unpaired) electrons. The molecule has 1 aromatic carbocycles. The van der Waals surface area contributed by atoms with Gasteiger partial charge >= 0.3 is 0 Å². The van der Waals surface area contributed by atoms with E-state index < -0.39 is 41.8 Å². The van der Waals surface area contributed by atoms with Crippen LogP contribution in [0.15, 0.2) is 24.3 Å². The Morgan fingerprint density at radius 3 is 2.26 bits per heavy atom. The van der Waals surface area contributed by atoms with Crippen molar-refractivity contribution in [3.63, 3.8) is 0 Å². The van der Waals surface area contributed by atoms with Crippen LogP contribution in [0.3, 0.4) is 0 Å². The molecule has 2 rings (SSSR count). The number of nitrogens with one attached hydrogen (secondary N) is 2. The highest BCUT2D eigenvalue weighted by Gasteiger charge is 2.43. The van der Waals surface area contributed by atoms with E-state index in [0.717, 1.165) is 18.4 Å². The molecule has 0 bridgehead atoms. The summed E-state index contributed by atoms with van der Waals surface area (Å²) < 4.78 is 11.9. The Bertz CT molecular complexity index is 1410. The number of nitrogens with zero attached hydrogens (tertiary/aromatic N) is 4. The van der Waals surface area contributed by atoms with Crippen molar-refractivity contribution in [3.8, 4) is 6.07 Å². The maximum Gasteiger partial charge on any atom is 0.245 e. The van der Waals surface area contributed by atoms with Crippen molar-refractivity contribution < 1.29 is 28.7 Å². The predicted octanol–water partition coefficient (Wildman–Crippen LogP) is 3.61. The molecular weight excluding hydrogens is 674 g/mol. The minimum absolute atomic E-state index is 0.0213. The zero-order valence-electron chi connectivity index (χ0n) is 34.3. The van der Waals surface area contributed by atoms with E-state index in [1.54, 1.807) is 44.1 Å². The number of rotatable bonds is 20. The number of likely N-dealkylation sites (tertiary alicyclic amines) is 1. The van der Waals surface area contributed by atoms with Crippen LogP contribution in [0.25, 0.3) is 0 Å². The smallest absolute Gasteiger partial charge is 0.245 e. The fraction of sp³-hybridized carbons (Fsp3) is 0.725. The summed E-state index contributed by atoms with van der Waals surface area (Å²) in [6.07, 6.45) is 1.53. The van der Waals surface area contributed by atoms with Crippen molar-refractivity contribution in [2.45, 2.75) is 129 Å². The van der Waals surface area contributed by atoms with Crippen LogP contribution in [0.1, 0.15) is 86.1 Å². The lowest BCUT2D eigenvalue weighted by Gasteiger charge is -2.41. The summed E-state index contributed by atoms with van der Waals surface area (Å²) in [5, 5.41) is 15.5. The largest absolute Gasteiger partial charge is 0.399 e. The van der Waals surface area contributed by atoms with E-state index in [9.17, 15) is 24.4 Å². The van der Waals surface area contributed by atoms with Crippen molar-refractivity contribution >= 4 is 29.3 Å². The van der Waals surface area contributed by atoms with Gasteiger partial charge in [-0.25, -0.2) is 0 Å². The van der Waals surface area contributed by atoms with Crippen LogP contribution in [-0.2, 0) is 35.1 Å². The molecule has 8 atom stereocenters. The Morgan fingerprint density at radius 2 is 1.74 bits per heavy atom. The molecule has 4 N–H and O–H groups in total. The summed E-state index contributed by atoms with van der Waals surface area (Å²) >= 11 is 0. The number of hydrogen-bond acceptors (Lipinski definition) is 9. The molecule has 0 saturated carbocycles. The number of ether oxygens (including phenoxy) is 2.